The van der Waals surface area contributed by atoms with Gasteiger partial charge in [-0.2, -0.15) is 0 Å². The number of carbonyl (C=O) groups is 3. The van der Waals surface area contributed by atoms with Gasteiger partial charge >= 0.3 is 12.2 Å². The topological polar surface area (TPSA) is 119 Å². The van der Waals surface area contributed by atoms with Gasteiger partial charge in [-0.25, -0.2) is 9.59 Å². The molecule has 0 fully saturated rings. The van der Waals surface area contributed by atoms with Crippen LogP contribution in [0.15, 0.2) is 66.3 Å². The average molecular weight is 483 g/mol. The van der Waals surface area contributed by atoms with Gasteiger partial charge in [0.25, 0.3) is 5.91 Å². The molecule has 0 aliphatic heterocycles. The molecule has 1 aromatic heterocycles. The summed E-state index contributed by atoms with van der Waals surface area (Å²) < 4.78 is 10.5. The fourth-order valence-electron chi connectivity index (χ4n) is 2.86. The van der Waals surface area contributed by atoms with Crippen LogP contribution in [0.4, 0.5) is 21.0 Å². The number of hydrogen-bond donors (Lipinski definition) is 3. The lowest BCUT2D eigenvalue weighted by atomic mass is 10.1. The van der Waals surface area contributed by atoms with E-state index in [9.17, 15) is 14.4 Å². The van der Waals surface area contributed by atoms with Crippen molar-refractivity contribution in [2.45, 2.75) is 39.0 Å². The first kappa shape index (κ1) is 24.7. The van der Waals surface area contributed by atoms with Crippen LogP contribution in [0.5, 0.6) is 0 Å². The molecule has 0 saturated heterocycles. The van der Waals surface area contributed by atoms with Gasteiger partial charge in [0.05, 0.1) is 10.4 Å². The molecule has 0 bridgehead atoms. The highest BCUT2D eigenvalue weighted by Gasteiger charge is 2.26. The third kappa shape index (κ3) is 7.89. The maximum atomic E-state index is 13.1. The summed E-state index contributed by atoms with van der Waals surface area (Å²) in [6.45, 7) is 5.34. The molecule has 3 aromatic rings. The molecule has 10 heteroatoms. The van der Waals surface area contributed by atoms with Crippen molar-refractivity contribution in [3.8, 4) is 0 Å². The van der Waals surface area contributed by atoms with Crippen LogP contribution in [-0.4, -0.2) is 28.7 Å². The number of ether oxygens (including phenoxy) is 2. The molecule has 34 heavy (non-hydrogen) atoms. The second-order valence-electron chi connectivity index (χ2n) is 8.23. The number of benzene rings is 2. The van der Waals surface area contributed by atoms with Crippen molar-refractivity contribution in [3.05, 3.63) is 76.7 Å². The van der Waals surface area contributed by atoms with Gasteiger partial charge in [-0.15, -0.1) is 11.3 Å². The van der Waals surface area contributed by atoms with Crippen LogP contribution in [0.1, 0.15) is 37.3 Å². The quantitative estimate of drug-likeness (QED) is 0.431. The van der Waals surface area contributed by atoms with Gasteiger partial charge in [0.15, 0.2) is 0 Å². The molecular formula is C24H26N4O5S. The number of alkyl carbamates (subject to hydrolysis) is 1. The third-order valence-corrected chi connectivity index (χ3v) is 5.01. The minimum atomic E-state index is -0.989. The van der Waals surface area contributed by atoms with Gasteiger partial charge in [-0.05, 0) is 44.5 Å². The van der Waals surface area contributed by atoms with Crippen molar-refractivity contribution in [2.24, 2.45) is 0 Å². The molecule has 3 amide bonds. The molecule has 178 valence electrons. The van der Waals surface area contributed by atoms with Crippen LogP contribution in [0.3, 0.4) is 0 Å². The smallest absolute Gasteiger partial charge is 0.411 e. The van der Waals surface area contributed by atoms with E-state index >= 15 is 0 Å². The van der Waals surface area contributed by atoms with Gasteiger partial charge < -0.3 is 20.1 Å². The highest BCUT2D eigenvalue weighted by molar-refractivity contribution is 7.09. The summed E-state index contributed by atoms with van der Waals surface area (Å²) in [5, 5.41) is 8.01. The molecule has 3 rings (SSSR count). The number of thiazole rings is 1. The Morgan fingerprint density at radius 3 is 2.32 bits per heavy atom. The molecule has 1 atom stereocenters. The Bertz CT molecular complexity index is 1110. The van der Waals surface area contributed by atoms with Crippen LogP contribution in [0, 0.1) is 0 Å². The highest BCUT2D eigenvalue weighted by Crippen LogP contribution is 2.20. The van der Waals surface area contributed by atoms with Crippen LogP contribution in [0.2, 0.25) is 0 Å². The maximum Gasteiger partial charge on any atom is 0.411 e. The zero-order valence-electron chi connectivity index (χ0n) is 19.0. The second kappa shape index (κ2) is 11.3. The summed E-state index contributed by atoms with van der Waals surface area (Å²) >= 11 is 1.39. The van der Waals surface area contributed by atoms with E-state index in [1.807, 2.05) is 6.07 Å². The number of aromatic nitrogens is 1. The number of carbonyl (C=O) groups excluding carboxylic acids is 3. The summed E-state index contributed by atoms with van der Waals surface area (Å²) in [5.74, 6) is -0.470. The zero-order chi connectivity index (χ0) is 24.6. The van der Waals surface area contributed by atoms with Crippen molar-refractivity contribution in [1.29, 1.82) is 0 Å². The van der Waals surface area contributed by atoms with Crippen molar-refractivity contribution in [1.82, 2.24) is 10.3 Å². The monoisotopic (exact) mass is 482 g/mol. The lowest BCUT2D eigenvalue weighted by Gasteiger charge is -2.23. The normalized spacial score (nSPS) is 11.7. The Morgan fingerprint density at radius 2 is 1.68 bits per heavy atom. The SMILES string of the molecule is CC(C)(C)OC(=O)N[C@H](C(=O)Nc1cccc(NC(=O)OCc2cncs2)c1)c1ccccc1. The molecular weight excluding hydrogens is 456 g/mol. The fraction of sp³-hybridized carbons (Fsp3) is 0.250. The Labute approximate surface area is 201 Å². The largest absolute Gasteiger partial charge is 0.444 e. The van der Waals surface area contributed by atoms with Crippen LogP contribution < -0.4 is 16.0 Å². The third-order valence-electron chi connectivity index (χ3n) is 4.26. The molecule has 9 nitrogen and oxygen atoms in total. The molecule has 0 unspecified atom stereocenters. The summed E-state index contributed by atoms with van der Waals surface area (Å²) in [6, 6.07) is 14.4. The van der Waals surface area contributed by atoms with E-state index in [4.69, 9.17) is 9.47 Å². The Hall–Kier alpha value is -3.92. The Kier molecular flexibility index (Phi) is 8.20. The van der Waals surface area contributed by atoms with Crippen molar-refractivity contribution in [3.63, 3.8) is 0 Å². The lowest BCUT2D eigenvalue weighted by molar-refractivity contribution is -0.118. The van der Waals surface area contributed by atoms with Gasteiger partial charge in [-0.3, -0.25) is 15.1 Å². The number of nitrogens with zero attached hydrogens (tertiary/aromatic N) is 1. The molecule has 2 aromatic carbocycles. The first-order valence-electron chi connectivity index (χ1n) is 10.5. The number of amides is 3. The predicted molar refractivity (Wildman–Crippen MR) is 130 cm³/mol. The van der Waals surface area contributed by atoms with Gasteiger partial charge in [0.1, 0.15) is 18.2 Å². The second-order valence-corrected chi connectivity index (χ2v) is 9.20. The Morgan fingerprint density at radius 1 is 0.971 bits per heavy atom. The van der Waals surface area contributed by atoms with Gasteiger partial charge in [0.2, 0.25) is 0 Å². The number of anilines is 2. The minimum absolute atomic E-state index is 0.113. The van der Waals surface area contributed by atoms with Gasteiger partial charge in [-0.1, -0.05) is 36.4 Å². The molecule has 1 heterocycles. The van der Waals surface area contributed by atoms with E-state index in [0.717, 1.165) is 4.88 Å². The number of rotatable bonds is 7. The van der Waals surface area contributed by atoms with Gasteiger partial charge in [0, 0.05) is 17.6 Å². The van der Waals surface area contributed by atoms with Crippen LogP contribution in [0.25, 0.3) is 0 Å². The minimum Gasteiger partial charge on any atom is -0.444 e. The summed E-state index contributed by atoms with van der Waals surface area (Å²) in [7, 11) is 0. The average Bonchev–Trinajstić information content (AvgIpc) is 3.29. The van der Waals surface area contributed by atoms with E-state index < -0.39 is 29.7 Å². The molecule has 0 saturated carbocycles. The van der Waals surface area contributed by atoms with E-state index in [0.29, 0.717) is 16.9 Å². The molecule has 0 radical (unpaired) electrons. The molecule has 0 aliphatic rings. The fourth-order valence-corrected chi connectivity index (χ4v) is 3.37. The summed E-state index contributed by atoms with van der Waals surface area (Å²) in [5.41, 5.74) is 2.40. The van der Waals surface area contributed by atoms with Crippen molar-refractivity contribution in [2.75, 3.05) is 10.6 Å². The standard InChI is InChI=1S/C24H26N4O5S/c1-24(2,3)33-23(31)28-20(16-8-5-4-6-9-16)21(29)26-17-10-7-11-18(12-17)27-22(30)32-14-19-13-25-15-34-19/h4-13,15,20H,14H2,1-3H3,(H,26,29)(H,27,30)(H,28,31)/t20-/m0/s1. The van der Waals surface area contributed by atoms with Crippen LogP contribution >= 0.6 is 11.3 Å². The predicted octanol–water partition coefficient (Wildman–Crippen LogP) is 5.10. The lowest BCUT2D eigenvalue weighted by Crippen LogP contribution is -2.40. The molecule has 0 aliphatic carbocycles. The molecule has 0 spiro atoms. The zero-order valence-corrected chi connectivity index (χ0v) is 19.8. The highest BCUT2D eigenvalue weighted by atomic mass is 32.1. The Balaban J connectivity index is 1.66. The summed E-state index contributed by atoms with van der Waals surface area (Å²) in [6.07, 6.45) is 0.281. The summed E-state index contributed by atoms with van der Waals surface area (Å²) in [4.78, 5) is 42.2. The van der Waals surface area contributed by atoms with E-state index in [1.54, 1.807) is 81.0 Å². The van der Waals surface area contributed by atoms with E-state index in [-0.39, 0.29) is 6.61 Å². The number of hydrogen-bond acceptors (Lipinski definition) is 7. The van der Waals surface area contributed by atoms with Crippen LogP contribution in [-0.2, 0) is 20.9 Å². The first-order valence-corrected chi connectivity index (χ1v) is 11.3. The maximum absolute atomic E-state index is 13.1. The van der Waals surface area contributed by atoms with E-state index in [1.165, 1.54) is 11.3 Å². The number of nitrogens with one attached hydrogen (secondary N) is 3. The first-order chi connectivity index (χ1) is 16.2. The van der Waals surface area contributed by atoms with E-state index in [2.05, 4.69) is 20.9 Å². The van der Waals surface area contributed by atoms with Crippen molar-refractivity contribution >= 4 is 40.8 Å². The molecule has 3 N–H and O–H groups in total. The van der Waals surface area contributed by atoms with Crippen molar-refractivity contribution < 1.29 is 23.9 Å².